The minimum atomic E-state index is 0. The molecule has 0 aromatic heterocycles. The molecule has 1 heterocycles. The van der Waals surface area contributed by atoms with Crippen molar-refractivity contribution in [2.45, 2.75) is 26.3 Å². The van der Waals surface area contributed by atoms with Crippen LogP contribution >= 0.6 is 12.4 Å². The van der Waals surface area contributed by atoms with Gasteiger partial charge in [0.05, 0.1) is 5.92 Å². The Hall–Kier alpha value is -1.06. The third-order valence-electron chi connectivity index (χ3n) is 3.57. The molecule has 1 aliphatic heterocycles. The van der Waals surface area contributed by atoms with E-state index in [-0.39, 0.29) is 24.2 Å². The van der Waals surface area contributed by atoms with Crippen LogP contribution in [0.4, 0.5) is 0 Å². The average Bonchev–Trinajstić information content (AvgIpc) is 2.27. The number of hydrogen-bond acceptors (Lipinski definition) is 2. The van der Waals surface area contributed by atoms with Gasteiger partial charge in [-0.1, -0.05) is 38.1 Å². The second-order valence-corrected chi connectivity index (χ2v) is 5.45. The van der Waals surface area contributed by atoms with E-state index in [1.54, 1.807) is 0 Å². The van der Waals surface area contributed by atoms with E-state index in [4.69, 9.17) is 0 Å². The predicted octanol–water partition coefficient (Wildman–Crippen LogP) is 2.41. The van der Waals surface area contributed by atoms with Crippen molar-refractivity contribution in [3.63, 3.8) is 0 Å². The maximum Gasteiger partial charge on any atom is 0.228 e. The number of rotatable bonds is 4. The largest absolute Gasteiger partial charge is 0.341 e. The average molecular weight is 283 g/mol. The summed E-state index contributed by atoms with van der Waals surface area (Å²) in [6.45, 7) is 6.74. The van der Waals surface area contributed by atoms with E-state index >= 15 is 0 Å². The number of benzene rings is 1. The molecule has 1 saturated heterocycles. The lowest BCUT2D eigenvalue weighted by Crippen LogP contribution is -2.50. The van der Waals surface area contributed by atoms with E-state index in [0.29, 0.717) is 12.5 Å². The summed E-state index contributed by atoms with van der Waals surface area (Å²) in [6.07, 6.45) is 0. The van der Waals surface area contributed by atoms with Crippen LogP contribution in [-0.2, 0) is 11.3 Å². The first kappa shape index (κ1) is 16.0. The maximum atomic E-state index is 12.0. The third-order valence-corrected chi connectivity index (χ3v) is 3.57. The van der Waals surface area contributed by atoms with Gasteiger partial charge < -0.3 is 10.2 Å². The van der Waals surface area contributed by atoms with Crippen molar-refractivity contribution >= 4 is 18.3 Å². The fourth-order valence-electron chi connectivity index (χ4n) is 2.13. The first-order chi connectivity index (χ1) is 8.58. The number of amides is 1. The molecule has 0 spiro atoms. The SMILES string of the molecule is CC(C)c1ccc(CN(C)C(=O)C2CNC2)cc1.Cl. The number of hydrogen-bond donors (Lipinski definition) is 1. The van der Waals surface area contributed by atoms with Crippen molar-refractivity contribution < 1.29 is 4.79 Å². The van der Waals surface area contributed by atoms with Crippen molar-refractivity contribution in [1.29, 1.82) is 0 Å². The fourth-order valence-corrected chi connectivity index (χ4v) is 2.13. The molecule has 2 rings (SSSR count). The van der Waals surface area contributed by atoms with E-state index in [1.165, 1.54) is 11.1 Å². The molecule has 1 N–H and O–H groups in total. The molecule has 106 valence electrons. The van der Waals surface area contributed by atoms with Gasteiger partial charge in [0.15, 0.2) is 0 Å². The van der Waals surface area contributed by atoms with Crippen molar-refractivity contribution in [3.8, 4) is 0 Å². The van der Waals surface area contributed by atoms with Crippen LogP contribution < -0.4 is 5.32 Å². The monoisotopic (exact) mass is 282 g/mol. The summed E-state index contributed by atoms with van der Waals surface area (Å²) in [5.41, 5.74) is 2.54. The highest BCUT2D eigenvalue weighted by molar-refractivity contribution is 5.85. The van der Waals surface area contributed by atoms with Crippen molar-refractivity contribution in [2.75, 3.05) is 20.1 Å². The molecule has 1 aliphatic rings. The van der Waals surface area contributed by atoms with E-state index in [2.05, 4.69) is 43.4 Å². The topological polar surface area (TPSA) is 32.3 Å². The minimum absolute atomic E-state index is 0. The molecule has 0 aliphatic carbocycles. The van der Waals surface area contributed by atoms with Crippen LogP contribution in [-0.4, -0.2) is 30.9 Å². The van der Waals surface area contributed by atoms with Gasteiger partial charge in [-0.3, -0.25) is 4.79 Å². The van der Waals surface area contributed by atoms with Crippen LogP contribution in [0.2, 0.25) is 0 Å². The lowest BCUT2D eigenvalue weighted by molar-refractivity contribution is -0.136. The van der Waals surface area contributed by atoms with Gasteiger partial charge in [0, 0.05) is 26.7 Å². The molecule has 1 aromatic carbocycles. The molecule has 3 nitrogen and oxygen atoms in total. The van der Waals surface area contributed by atoms with Gasteiger partial charge in [-0.2, -0.15) is 0 Å². The van der Waals surface area contributed by atoms with Crippen LogP contribution in [0.15, 0.2) is 24.3 Å². The zero-order valence-electron chi connectivity index (χ0n) is 11.8. The molecule has 19 heavy (non-hydrogen) atoms. The van der Waals surface area contributed by atoms with E-state index in [1.807, 2.05) is 11.9 Å². The zero-order valence-corrected chi connectivity index (χ0v) is 12.7. The lowest BCUT2D eigenvalue weighted by Gasteiger charge is -2.30. The van der Waals surface area contributed by atoms with E-state index in [0.717, 1.165) is 13.1 Å². The van der Waals surface area contributed by atoms with Gasteiger partial charge in [-0.05, 0) is 17.0 Å². The minimum Gasteiger partial charge on any atom is -0.341 e. The van der Waals surface area contributed by atoms with Gasteiger partial charge in [0.1, 0.15) is 0 Å². The van der Waals surface area contributed by atoms with Crippen molar-refractivity contribution in [2.24, 2.45) is 5.92 Å². The van der Waals surface area contributed by atoms with Crippen LogP contribution in [0.3, 0.4) is 0 Å². The highest BCUT2D eigenvalue weighted by Crippen LogP contribution is 2.16. The molecule has 1 amide bonds. The third kappa shape index (κ3) is 3.95. The Kier molecular flexibility index (Phi) is 5.83. The number of nitrogens with one attached hydrogen (secondary N) is 1. The fraction of sp³-hybridized carbons (Fsp3) is 0.533. The summed E-state index contributed by atoms with van der Waals surface area (Å²) in [7, 11) is 1.89. The molecule has 0 atom stereocenters. The summed E-state index contributed by atoms with van der Waals surface area (Å²) < 4.78 is 0. The zero-order chi connectivity index (χ0) is 13.1. The number of halogens is 1. The molecule has 0 saturated carbocycles. The summed E-state index contributed by atoms with van der Waals surface area (Å²) in [6, 6.07) is 8.56. The lowest BCUT2D eigenvalue weighted by atomic mass is 10.0. The van der Waals surface area contributed by atoms with Gasteiger partial charge in [0.2, 0.25) is 5.91 Å². The van der Waals surface area contributed by atoms with Gasteiger partial charge in [-0.15, -0.1) is 12.4 Å². The summed E-state index contributed by atoms with van der Waals surface area (Å²) in [5, 5.41) is 3.13. The Balaban J connectivity index is 0.00000180. The van der Waals surface area contributed by atoms with Gasteiger partial charge in [0.25, 0.3) is 0 Å². The van der Waals surface area contributed by atoms with Crippen molar-refractivity contribution in [1.82, 2.24) is 10.2 Å². The second kappa shape index (κ2) is 6.92. The Bertz CT molecular complexity index is 413. The first-order valence-corrected chi connectivity index (χ1v) is 6.62. The Morgan fingerprint density at radius 3 is 2.32 bits per heavy atom. The Morgan fingerprint density at radius 1 is 1.32 bits per heavy atom. The maximum absolute atomic E-state index is 12.0. The van der Waals surface area contributed by atoms with E-state index in [9.17, 15) is 4.79 Å². The highest BCUT2D eigenvalue weighted by atomic mass is 35.5. The van der Waals surface area contributed by atoms with Crippen LogP contribution in [0.1, 0.15) is 30.9 Å². The number of nitrogens with zero attached hydrogens (tertiary/aromatic N) is 1. The van der Waals surface area contributed by atoms with Crippen LogP contribution in [0.5, 0.6) is 0 Å². The quantitative estimate of drug-likeness (QED) is 0.920. The van der Waals surface area contributed by atoms with Crippen molar-refractivity contribution in [3.05, 3.63) is 35.4 Å². The Labute approximate surface area is 121 Å². The van der Waals surface area contributed by atoms with Gasteiger partial charge >= 0.3 is 0 Å². The predicted molar refractivity (Wildman–Crippen MR) is 80.6 cm³/mol. The molecule has 4 heteroatoms. The second-order valence-electron chi connectivity index (χ2n) is 5.45. The molecular formula is C15H23ClN2O. The summed E-state index contributed by atoms with van der Waals surface area (Å²) >= 11 is 0. The normalized spacial score (nSPS) is 14.7. The Morgan fingerprint density at radius 2 is 1.89 bits per heavy atom. The number of carbonyl (C=O) groups excluding carboxylic acids is 1. The smallest absolute Gasteiger partial charge is 0.228 e. The summed E-state index contributed by atoms with van der Waals surface area (Å²) in [5.74, 6) is 0.992. The van der Waals surface area contributed by atoms with Crippen LogP contribution in [0, 0.1) is 5.92 Å². The highest BCUT2D eigenvalue weighted by Gasteiger charge is 2.27. The molecule has 1 fully saturated rings. The molecule has 0 unspecified atom stereocenters. The summed E-state index contributed by atoms with van der Waals surface area (Å²) in [4.78, 5) is 13.8. The molecule has 1 aromatic rings. The van der Waals surface area contributed by atoms with Crippen LogP contribution in [0.25, 0.3) is 0 Å². The standard InChI is InChI=1S/C15H22N2O.ClH/c1-11(2)13-6-4-12(5-7-13)10-17(3)15(18)14-8-16-9-14;/h4-7,11,14,16H,8-10H2,1-3H3;1H. The number of carbonyl (C=O) groups is 1. The molecule has 0 radical (unpaired) electrons. The first-order valence-electron chi connectivity index (χ1n) is 6.62. The van der Waals surface area contributed by atoms with Gasteiger partial charge in [-0.25, -0.2) is 0 Å². The van der Waals surface area contributed by atoms with E-state index < -0.39 is 0 Å². The molecule has 0 bridgehead atoms. The molecular weight excluding hydrogens is 260 g/mol.